The van der Waals surface area contributed by atoms with E-state index in [1.165, 1.54) is 4.90 Å². The van der Waals surface area contributed by atoms with Gasteiger partial charge in [0.1, 0.15) is 5.01 Å². The highest BCUT2D eigenvalue weighted by atomic mass is 32.1. The number of ether oxygens (including phenoxy) is 2. The monoisotopic (exact) mass is 574 g/mol. The van der Waals surface area contributed by atoms with Gasteiger partial charge in [0.05, 0.1) is 0 Å². The van der Waals surface area contributed by atoms with Crippen LogP contribution in [-0.2, 0) is 14.3 Å². The first-order chi connectivity index (χ1) is 18.2. The summed E-state index contributed by atoms with van der Waals surface area (Å²) in [5.41, 5.74) is -0.526. The lowest BCUT2D eigenvalue weighted by Crippen LogP contribution is -2.42. The molecule has 1 amide bonds. The lowest BCUT2D eigenvalue weighted by Gasteiger charge is -2.34. The molecular weight excluding hydrogens is 547 g/mol. The average molecular weight is 575 g/mol. The van der Waals surface area contributed by atoms with Gasteiger partial charge in [-0.2, -0.15) is 8.78 Å². The van der Waals surface area contributed by atoms with E-state index in [0.29, 0.717) is 6.42 Å². The quantitative estimate of drug-likeness (QED) is 0.0870. The lowest BCUT2D eigenvalue weighted by molar-refractivity contribution is -0.148. The van der Waals surface area contributed by atoms with E-state index in [-0.39, 0.29) is 35.6 Å². The molecule has 0 fully saturated rings. The molecule has 0 aliphatic heterocycles. The van der Waals surface area contributed by atoms with Crippen LogP contribution in [0.25, 0.3) is 0 Å². The molecule has 1 heterocycles. The van der Waals surface area contributed by atoms with E-state index in [9.17, 15) is 36.3 Å². The number of aromatic nitrogens is 1. The van der Waals surface area contributed by atoms with Crippen molar-refractivity contribution in [2.24, 2.45) is 11.8 Å². The van der Waals surface area contributed by atoms with Gasteiger partial charge in [-0.15, -0.1) is 23.7 Å². The van der Waals surface area contributed by atoms with Crippen molar-refractivity contribution in [2.45, 2.75) is 59.1 Å². The standard InChI is InChI=1S/C26H27F5N2O5S/c1-7-14(8-2)9-18(35)33(6)16(12(3)4)10-17(37-13(5)34)25-32-15(11-39-25)26(36)38-24-22(30)20(28)19(27)21(29)23(24)31/h1,11-12,14,16-17H,8-10H2,2-6H3/t14-,16+,17+/m0/s1. The second kappa shape index (κ2) is 13.5. The highest BCUT2D eigenvalue weighted by Gasteiger charge is 2.33. The van der Waals surface area contributed by atoms with E-state index in [0.717, 1.165) is 23.6 Å². The molecule has 0 aliphatic rings. The van der Waals surface area contributed by atoms with Gasteiger partial charge in [-0.25, -0.2) is 22.9 Å². The number of esters is 2. The van der Waals surface area contributed by atoms with Crippen molar-refractivity contribution >= 4 is 29.2 Å². The lowest BCUT2D eigenvalue weighted by atomic mass is 9.95. The minimum Gasteiger partial charge on any atom is -0.455 e. The Labute approximate surface area is 226 Å². The Morgan fingerprint density at radius 3 is 2.13 bits per heavy atom. The maximum Gasteiger partial charge on any atom is 0.363 e. The Morgan fingerprint density at radius 2 is 1.64 bits per heavy atom. The van der Waals surface area contributed by atoms with Gasteiger partial charge < -0.3 is 14.4 Å². The topological polar surface area (TPSA) is 85.8 Å². The number of amides is 1. The van der Waals surface area contributed by atoms with Crippen LogP contribution in [0.3, 0.4) is 0 Å². The minimum atomic E-state index is -2.40. The smallest absolute Gasteiger partial charge is 0.363 e. The Morgan fingerprint density at radius 1 is 1.08 bits per heavy atom. The molecule has 1 aromatic carbocycles. The van der Waals surface area contributed by atoms with Crippen LogP contribution in [-0.4, -0.2) is 40.8 Å². The predicted octanol–water partition coefficient (Wildman–Crippen LogP) is 5.58. The molecule has 0 N–H and O–H groups in total. The molecule has 0 spiro atoms. The molecule has 0 unspecified atom stereocenters. The molecule has 1 aromatic heterocycles. The Bertz CT molecular complexity index is 1250. The molecule has 2 rings (SSSR count). The summed E-state index contributed by atoms with van der Waals surface area (Å²) >= 11 is 0.833. The number of rotatable bonds is 11. The fourth-order valence-electron chi connectivity index (χ4n) is 3.71. The molecule has 212 valence electrons. The molecule has 0 radical (unpaired) electrons. The summed E-state index contributed by atoms with van der Waals surface area (Å²) in [4.78, 5) is 42.6. The fraction of sp³-hybridized carbons (Fsp3) is 0.462. The van der Waals surface area contributed by atoms with E-state index < -0.39 is 64.6 Å². The molecular formula is C26H27F5N2O5S. The minimum absolute atomic E-state index is 0.0754. The van der Waals surface area contributed by atoms with Crippen molar-refractivity contribution < 1.29 is 45.8 Å². The van der Waals surface area contributed by atoms with Crippen molar-refractivity contribution in [3.8, 4) is 18.1 Å². The molecule has 3 atom stereocenters. The predicted molar refractivity (Wildman–Crippen MR) is 131 cm³/mol. The number of carbonyl (C=O) groups is 3. The molecule has 39 heavy (non-hydrogen) atoms. The van der Waals surface area contributed by atoms with Gasteiger partial charge in [0, 0.05) is 44.2 Å². The number of hydrogen-bond acceptors (Lipinski definition) is 7. The number of thiazole rings is 1. The van der Waals surface area contributed by atoms with Gasteiger partial charge in [0.25, 0.3) is 0 Å². The van der Waals surface area contributed by atoms with Crippen molar-refractivity contribution in [1.82, 2.24) is 9.88 Å². The zero-order chi connectivity index (χ0) is 29.6. The number of terminal acetylenes is 1. The molecule has 0 saturated carbocycles. The summed E-state index contributed by atoms with van der Waals surface area (Å²) in [6, 6.07) is -0.454. The summed E-state index contributed by atoms with van der Waals surface area (Å²) in [5.74, 6) is -13.6. The largest absolute Gasteiger partial charge is 0.455 e. The van der Waals surface area contributed by atoms with Gasteiger partial charge in [-0.05, 0) is 12.3 Å². The van der Waals surface area contributed by atoms with Gasteiger partial charge in [-0.3, -0.25) is 9.59 Å². The first kappa shape index (κ1) is 31.7. The first-order valence-corrected chi connectivity index (χ1v) is 12.7. The molecule has 0 saturated heterocycles. The number of nitrogens with zero attached hydrogens (tertiary/aromatic N) is 2. The van der Waals surface area contributed by atoms with E-state index in [2.05, 4.69) is 15.6 Å². The van der Waals surface area contributed by atoms with Crippen LogP contribution in [0.15, 0.2) is 5.38 Å². The Hall–Kier alpha value is -3.53. The van der Waals surface area contributed by atoms with Crippen LogP contribution in [0.4, 0.5) is 22.0 Å². The zero-order valence-corrected chi connectivity index (χ0v) is 22.6. The third kappa shape index (κ3) is 7.53. The van der Waals surface area contributed by atoms with Gasteiger partial charge in [0.15, 0.2) is 11.8 Å². The van der Waals surface area contributed by atoms with Gasteiger partial charge in [-0.1, -0.05) is 20.8 Å². The third-order valence-electron chi connectivity index (χ3n) is 5.94. The highest BCUT2D eigenvalue weighted by Crippen LogP contribution is 2.32. The van der Waals surface area contributed by atoms with Crippen molar-refractivity contribution in [3.05, 3.63) is 45.2 Å². The maximum atomic E-state index is 13.9. The third-order valence-corrected chi connectivity index (χ3v) is 6.88. The van der Waals surface area contributed by atoms with E-state index in [1.54, 1.807) is 7.05 Å². The fourth-order valence-corrected chi connectivity index (χ4v) is 4.53. The molecule has 0 bridgehead atoms. The summed E-state index contributed by atoms with van der Waals surface area (Å²) < 4.78 is 77.8. The second-order valence-electron chi connectivity index (χ2n) is 8.99. The molecule has 13 heteroatoms. The van der Waals surface area contributed by atoms with Crippen molar-refractivity contribution in [1.29, 1.82) is 0 Å². The SMILES string of the molecule is C#C[C@@H](CC)CC(=O)N(C)[C@H](C[C@@H](OC(C)=O)c1nc(C(=O)Oc2c(F)c(F)c(F)c(F)c2F)cs1)C(C)C. The van der Waals surface area contributed by atoms with E-state index >= 15 is 0 Å². The van der Waals surface area contributed by atoms with E-state index in [1.807, 2.05) is 20.8 Å². The van der Waals surface area contributed by atoms with Crippen molar-refractivity contribution in [3.63, 3.8) is 0 Å². The Kier molecular flexibility index (Phi) is 11.0. The summed E-state index contributed by atoms with van der Waals surface area (Å²) in [5, 5.41) is 1.19. The second-order valence-corrected chi connectivity index (χ2v) is 9.87. The summed E-state index contributed by atoms with van der Waals surface area (Å²) in [6.07, 6.45) is 5.24. The zero-order valence-electron chi connectivity index (χ0n) is 21.8. The van der Waals surface area contributed by atoms with Crippen LogP contribution in [0.5, 0.6) is 5.75 Å². The number of halogens is 5. The van der Waals surface area contributed by atoms with Crippen LogP contribution < -0.4 is 4.74 Å². The number of benzene rings is 1. The van der Waals surface area contributed by atoms with Gasteiger partial charge >= 0.3 is 11.9 Å². The van der Waals surface area contributed by atoms with E-state index in [4.69, 9.17) is 11.2 Å². The Balaban J connectivity index is 2.32. The number of carbonyl (C=O) groups excluding carboxylic acids is 3. The first-order valence-electron chi connectivity index (χ1n) is 11.8. The van der Waals surface area contributed by atoms with Crippen LogP contribution in [0, 0.1) is 53.3 Å². The van der Waals surface area contributed by atoms with Crippen LogP contribution >= 0.6 is 11.3 Å². The molecule has 0 aliphatic carbocycles. The summed E-state index contributed by atoms with van der Waals surface area (Å²) in [6.45, 7) is 6.72. The highest BCUT2D eigenvalue weighted by molar-refractivity contribution is 7.09. The average Bonchev–Trinajstić information content (AvgIpc) is 3.39. The van der Waals surface area contributed by atoms with Crippen LogP contribution in [0.2, 0.25) is 0 Å². The molecule has 7 nitrogen and oxygen atoms in total. The van der Waals surface area contributed by atoms with Crippen LogP contribution in [0.1, 0.15) is 68.6 Å². The van der Waals surface area contributed by atoms with Crippen molar-refractivity contribution in [2.75, 3.05) is 7.05 Å². The number of hydrogen-bond donors (Lipinski definition) is 0. The molecule has 2 aromatic rings. The normalized spacial score (nSPS) is 13.4. The maximum absolute atomic E-state index is 13.9. The van der Waals surface area contributed by atoms with Gasteiger partial charge in [0.2, 0.25) is 40.7 Å². The summed E-state index contributed by atoms with van der Waals surface area (Å²) in [7, 11) is 1.59.